The number of carbonyl (C=O) groups is 1. The summed E-state index contributed by atoms with van der Waals surface area (Å²) in [6.07, 6.45) is 6.06. The van der Waals surface area contributed by atoms with E-state index >= 15 is 0 Å². The topological polar surface area (TPSA) is 30.0 Å². The quantitative estimate of drug-likeness (QED) is 0.716. The molecule has 0 saturated carbocycles. The van der Waals surface area contributed by atoms with E-state index in [4.69, 9.17) is 0 Å². The molecule has 1 unspecified atom stereocenters. The molecule has 1 aromatic rings. The number of carbonyl (C=O) groups excluding carboxylic acids is 1. The number of Topliss-reactive ketones (excluding diaryl/α,β-unsaturated/α-hetero) is 1. The maximum absolute atomic E-state index is 11.7. The molecule has 0 radical (unpaired) electrons. The third kappa shape index (κ3) is 3.29. The molecule has 14 heavy (non-hydrogen) atoms. The molecule has 0 amide bonds. The second kappa shape index (κ2) is 5.53. The van der Waals surface area contributed by atoms with E-state index in [1.165, 1.54) is 0 Å². The lowest BCUT2D eigenvalue weighted by Crippen LogP contribution is -2.13. The monoisotopic (exact) mass is 191 g/mol. The highest BCUT2D eigenvalue weighted by molar-refractivity contribution is 5.82. The van der Waals surface area contributed by atoms with Gasteiger partial charge < -0.3 is 0 Å². The number of rotatable bonds is 5. The molecule has 0 bridgehead atoms. The van der Waals surface area contributed by atoms with Gasteiger partial charge in [-0.1, -0.05) is 26.3 Å². The SMILES string of the molecule is CCCC(C)C(=O)Cc1cccnc1. The summed E-state index contributed by atoms with van der Waals surface area (Å²) < 4.78 is 0. The maximum Gasteiger partial charge on any atom is 0.140 e. The second-order valence-corrected chi connectivity index (χ2v) is 3.69. The van der Waals surface area contributed by atoms with Gasteiger partial charge in [-0.2, -0.15) is 0 Å². The molecule has 1 rings (SSSR count). The Kier molecular flexibility index (Phi) is 4.30. The van der Waals surface area contributed by atoms with Crippen LogP contribution >= 0.6 is 0 Å². The molecule has 0 aliphatic carbocycles. The molecule has 2 heteroatoms. The largest absolute Gasteiger partial charge is 0.299 e. The van der Waals surface area contributed by atoms with E-state index in [1.807, 2.05) is 19.1 Å². The second-order valence-electron chi connectivity index (χ2n) is 3.69. The van der Waals surface area contributed by atoms with Gasteiger partial charge in [-0.05, 0) is 18.1 Å². The molecule has 0 aliphatic rings. The molecular weight excluding hydrogens is 174 g/mol. The highest BCUT2D eigenvalue weighted by Gasteiger charge is 2.11. The fraction of sp³-hybridized carbons (Fsp3) is 0.500. The van der Waals surface area contributed by atoms with Gasteiger partial charge in [-0.15, -0.1) is 0 Å². The predicted molar refractivity (Wildman–Crippen MR) is 57.0 cm³/mol. The summed E-state index contributed by atoms with van der Waals surface area (Å²) >= 11 is 0. The number of hydrogen-bond donors (Lipinski definition) is 0. The summed E-state index contributed by atoms with van der Waals surface area (Å²) in [5.41, 5.74) is 1.01. The summed E-state index contributed by atoms with van der Waals surface area (Å²) in [5.74, 6) is 0.500. The van der Waals surface area contributed by atoms with Crippen LogP contribution in [0.1, 0.15) is 32.3 Å². The van der Waals surface area contributed by atoms with Crippen molar-refractivity contribution in [1.82, 2.24) is 4.98 Å². The van der Waals surface area contributed by atoms with E-state index in [-0.39, 0.29) is 5.92 Å². The lowest BCUT2D eigenvalue weighted by atomic mass is 9.96. The predicted octanol–water partition coefficient (Wildman–Crippen LogP) is 2.63. The Balaban J connectivity index is 2.49. The Bertz CT molecular complexity index is 282. The van der Waals surface area contributed by atoms with Gasteiger partial charge in [0.25, 0.3) is 0 Å². The Labute approximate surface area is 85.4 Å². The molecule has 0 N–H and O–H groups in total. The van der Waals surface area contributed by atoms with Crippen LogP contribution in [0, 0.1) is 5.92 Å². The molecule has 0 fully saturated rings. The normalized spacial score (nSPS) is 12.4. The first-order chi connectivity index (χ1) is 6.74. The van der Waals surface area contributed by atoms with Gasteiger partial charge in [0.05, 0.1) is 0 Å². The van der Waals surface area contributed by atoms with E-state index in [0.29, 0.717) is 12.2 Å². The van der Waals surface area contributed by atoms with Crippen LogP contribution in [0.5, 0.6) is 0 Å². The molecule has 2 nitrogen and oxygen atoms in total. The van der Waals surface area contributed by atoms with Crippen LogP contribution < -0.4 is 0 Å². The number of ketones is 1. The summed E-state index contributed by atoms with van der Waals surface area (Å²) in [5, 5.41) is 0. The van der Waals surface area contributed by atoms with Crippen molar-refractivity contribution in [2.75, 3.05) is 0 Å². The molecule has 0 aromatic carbocycles. The number of aromatic nitrogens is 1. The Morgan fingerprint density at radius 2 is 2.36 bits per heavy atom. The zero-order valence-electron chi connectivity index (χ0n) is 8.86. The zero-order chi connectivity index (χ0) is 10.4. The van der Waals surface area contributed by atoms with Gasteiger partial charge in [-0.25, -0.2) is 0 Å². The fourth-order valence-corrected chi connectivity index (χ4v) is 1.47. The summed E-state index contributed by atoms with van der Waals surface area (Å²) in [6, 6.07) is 3.82. The minimum absolute atomic E-state index is 0.181. The van der Waals surface area contributed by atoms with E-state index in [9.17, 15) is 4.79 Å². The Morgan fingerprint density at radius 3 is 2.93 bits per heavy atom. The van der Waals surface area contributed by atoms with Crippen LogP contribution in [0.15, 0.2) is 24.5 Å². The molecular formula is C12H17NO. The summed E-state index contributed by atoms with van der Waals surface area (Å²) in [4.78, 5) is 15.7. The standard InChI is InChI=1S/C12H17NO/c1-3-5-10(2)12(14)8-11-6-4-7-13-9-11/h4,6-7,9-10H,3,5,8H2,1-2H3. The first kappa shape index (κ1) is 10.9. The van der Waals surface area contributed by atoms with Crippen molar-refractivity contribution in [3.63, 3.8) is 0 Å². The van der Waals surface area contributed by atoms with Crippen molar-refractivity contribution < 1.29 is 4.79 Å². The van der Waals surface area contributed by atoms with Gasteiger partial charge in [0.1, 0.15) is 5.78 Å². The van der Waals surface area contributed by atoms with Crippen molar-refractivity contribution >= 4 is 5.78 Å². The van der Waals surface area contributed by atoms with Crippen molar-refractivity contribution in [2.24, 2.45) is 5.92 Å². The van der Waals surface area contributed by atoms with E-state index in [0.717, 1.165) is 18.4 Å². The molecule has 0 spiro atoms. The third-order valence-corrected chi connectivity index (χ3v) is 2.37. The van der Waals surface area contributed by atoms with Crippen LogP contribution in [-0.4, -0.2) is 10.8 Å². The first-order valence-corrected chi connectivity index (χ1v) is 5.15. The summed E-state index contributed by atoms with van der Waals surface area (Å²) in [7, 11) is 0. The van der Waals surface area contributed by atoms with E-state index in [2.05, 4.69) is 11.9 Å². The highest BCUT2D eigenvalue weighted by atomic mass is 16.1. The van der Waals surface area contributed by atoms with Gasteiger partial charge in [0.15, 0.2) is 0 Å². The van der Waals surface area contributed by atoms with Gasteiger partial charge in [0, 0.05) is 24.7 Å². The van der Waals surface area contributed by atoms with Gasteiger partial charge in [-0.3, -0.25) is 9.78 Å². The molecule has 1 atom stereocenters. The molecule has 76 valence electrons. The molecule has 0 saturated heterocycles. The van der Waals surface area contributed by atoms with Crippen molar-refractivity contribution in [1.29, 1.82) is 0 Å². The Hall–Kier alpha value is -1.18. The zero-order valence-corrected chi connectivity index (χ0v) is 8.86. The third-order valence-electron chi connectivity index (χ3n) is 2.37. The smallest absolute Gasteiger partial charge is 0.140 e. The van der Waals surface area contributed by atoms with E-state index in [1.54, 1.807) is 12.4 Å². The average Bonchev–Trinajstić information content (AvgIpc) is 2.19. The number of hydrogen-bond acceptors (Lipinski definition) is 2. The average molecular weight is 191 g/mol. The van der Waals surface area contributed by atoms with Crippen LogP contribution in [0.4, 0.5) is 0 Å². The minimum Gasteiger partial charge on any atom is -0.299 e. The van der Waals surface area contributed by atoms with Crippen molar-refractivity contribution in [3.05, 3.63) is 30.1 Å². The first-order valence-electron chi connectivity index (χ1n) is 5.15. The molecule has 0 aliphatic heterocycles. The van der Waals surface area contributed by atoms with Crippen LogP contribution in [0.25, 0.3) is 0 Å². The van der Waals surface area contributed by atoms with Crippen LogP contribution in [0.2, 0.25) is 0 Å². The van der Waals surface area contributed by atoms with Crippen LogP contribution in [0.3, 0.4) is 0 Å². The summed E-state index contributed by atoms with van der Waals surface area (Å²) in [6.45, 7) is 4.11. The van der Waals surface area contributed by atoms with Crippen molar-refractivity contribution in [3.8, 4) is 0 Å². The highest BCUT2D eigenvalue weighted by Crippen LogP contribution is 2.10. The minimum atomic E-state index is 0.181. The fourth-order valence-electron chi connectivity index (χ4n) is 1.47. The van der Waals surface area contributed by atoms with Gasteiger partial charge in [0.2, 0.25) is 0 Å². The van der Waals surface area contributed by atoms with Gasteiger partial charge >= 0.3 is 0 Å². The Morgan fingerprint density at radius 1 is 1.57 bits per heavy atom. The maximum atomic E-state index is 11.7. The lowest BCUT2D eigenvalue weighted by molar-refractivity contribution is -0.121. The van der Waals surface area contributed by atoms with Crippen LogP contribution in [-0.2, 0) is 11.2 Å². The lowest BCUT2D eigenvalue weighted by Gasteiger charge is -2.08. The molecule has 1 aromatic heterocycles. The number of nitrogens with zero attached hydrogens (tertiary/aromatic N) is 1. The van der Waals surface area contributed by atoms with Crippen molar-refractivity contribution in [2.45, 2.75) is 33.1 Å². The van der Waals surface area contributed by atoms with E-state index < -0.39 is 0 Å². The number of pyridine rings is 1. The molecule has 1 heterocycles.